The quantitative estimate of drug-likeness (QED) is 0.805. The zero-order chi connectivity index (χ0) is 13.8. The lowest BCUT2D eigenvalue weighted by Gasteiger charge is -2.02. The van der Waals surface area contributed by atoms with Crippen molar-refractivity contribution in [3.8, 4) is 11.8 Å². The third-order valence-electron chi connectivity index (χ3n) is 2.08. The molecule has 1 heterocycles. The van der Waals surface area contributed by atoms with E-state index in [2.05, 4.69) is 4.98 Å². The first-order valence-electron chi connectivity index (χ1n) is 5.36. The summed E-state index contributed by atoms with van der Waals surface area (Å²) in [4.78, 5) is 15.1. The first kappa shape index (κ1) is 13.4. The topological polar surface area (TPSA) is 61.6 Å². The van der Waals surface area contributed by atoms with Crippen molar-refractivity contribution in [3.63, 3.8) is 0 Å². The van der Waals surface area contributed by atoms with E-state index in [1.807, 2.05) is 0 Å². The number of hydrogen-bond acceptors (Lipinski definition) is 5. The number of benzene rings is 1. The van der Waals surface area contributed by atoms with E-state index < -0.39 is 11.8 Å². The molecule has 100 valence electrons. The number of esters is 1. The molecule has 5 nitrogen and oxygen atoms in total. The van der Waals surface area contributed by atoms with Gasteiger partial charge >= 0.3 is 12.0 Å². The van der Waals surface area contributed by atoms with Gasteiger partial charge in [0.25, 0.3) is 0 Å². The fourth-order valence-electron chi connectivity index (χ4n) is 1.26. The number of carbonyl (C=O) groups is 1. The molecule has 2 rings (SSSR count). The number of halogens is 2. The summed E-state index contributed by atoms with van der Waals surface area (Å²) in [6, 6.07) is 4.24. The molecule has 0 aliphatic rings. The Kier molecular flexibility index (Phi) is 4.01. The fraction of sp³-hybridized carbons (Fsp3) is 0.167. The Morgan fingerprint density at radius 3 is 3.05 bits per heavy atom. The van der Waals surface area contributed by atoms with Gasteiger partial charge in [0.1, 0.15) is 6.26 Å². The zero-order valence-corrected chi connectivity index (χ0v) is 10.6. The molecule has 0 aliphatic heterocycles. The summed E-state index contributed by atoms with van der Waals surface area (Å²) in [7, 11) is 0. The second kappa shape index (κ2) is 5.71. The van der Waals surface area contributed by atoms with Crippen LogP contribution in [0, 0.1) is 5.82 Å². The van der Waals surface area contributed by atoms with Crippen molar-refractivity contribution in [3.05, 3.63) is 41.0 Å². The van der Waals surface area contributed by atoms with Gasteiger partial charge in [0.2, 0.25) is 0 Å². The van der Waals surface area contributed by atoms with Crippen molar-refractivity contribution < 1.29 is 23.1 Å². The summed E-state index contributed by atoms with van der Waals surface area (Å²) in [6.07, 6.45) is 0.791. The second-order valence-corrected chi connectivity index (χ2v) is 3.78. The number of carbonyl (C=O) groups excluding carboxylic acids is 1. The number of oxazole rings is 1. The standard InChI is InChI=1S/C12H9ClFNO4/c1-2-17-11(16)8-6-18-12(15-8)19-9-5-3-4-7(13)10(9)14/h3-6H,2H2,1H3. The van der Waals surface area contributed by atoms with Gasteiger partial charge in [-0.3, -0.25) is 0 Å². The summed E-state index contributed by atoms with van der Waals surface area (Å²) < 4.78 is 28.2. The van der Waals surface area contributed by atoms with E-state index in [0.29, 0.717) is 0 Å². The Morgan fingerprint density at radius 1 is 1.53 bits per heavy atom. The number of ether oxygens (including phenoxy) is 2. The van der Waals surface area contributed by atoms with E-state index in [1.165, 1.54) is 18.2 Å². The van der Waals surface area contributed by atoms with Crippen LogP contribution in [0.4, 0.5) is 4.39 Å². The Labute approximate surface area is 112 Å². The van der Waals surface area contributed by atoms with Crippen molar-refractivity contribution in [1.29, 1.82) is 0 Å². The van der Waals surface area contributed by atoms with Crippen LogP contribution in [-0.4, -0.2) is 17.6 Å². The molecule has 0 spiro atoms. The van der Waals surface area contributed by atoms with Crippen LogP contribution < -0.4 is 4.74 Å². The third-order valence-corrected chi connectivity index (χ3v) is 2.37. The Morgan fingerprint density at radius 2 is 2.32 bits per heavy atom. The molecule has 2 aromatic rings. The molecule has 0 unspecified atom stereocenters. The fourth-order valence-corrected chi connectivity index (χ4v) is 1.43. The Bertz CT molecular complexity index is 599. The van der Waals surface area contributed by atoms with Crippen molar-refractivity contribution in [2.75, 3.05) is 6.61 Å². The van der Waals surface area contributed by atoms with Crippen LogP contribution in [0.5, 0.6) is 11.8 Å². The monoisotopic (exact) mass is 285 g/mol. The van der Waals surface area contributed by atoms with Gasteiger partial charge < -0.3 is 13.9 Å². The molecule has 0 bridgehead atoms. The molecule has 0 radical (unpaired) electrons. The minimum absolute atomic E-state index is 0.0562. The normalized spacial score (nSPS) is 10.3. The predicted molar refractivity (Wildman–Crippen MR) is 63.9 cm³/mol. The average Bonchev–Trinajstić information content (AvgIpc) is 2.84. The molecule has 1 aromatic carbocycles. The van der Waals surface area contributed by atoms with Crippen molar-refractivity contribution in [1.82, 2.24) is 4.98 Å². The van der Waals surface area contributed by atoms with Crippen LogP contribution in [0.25, 0.3) is 0 Å². The van der Waals surface area contributed by atoms with Gasteiger partial charge in [-0.05, 0) is 19.1 Å². The summed E-state index contributed by atoms with van der Waals surface area (Å²) in [5.41, 5.74) is -0.0562. The highest BCUT2D eigenvalue weighted by Gasteiger charge is 2.16. The molecule has 0 fully saturated rings. The maximum atomic E-state index is 13.6. The minimum Gasteiger partial charge on any atom is -0.461 e. The molecule has 0 N–H and O–H groups in total. The van der Waals surface area contributed by atoms with E-state index in [4.69, 9.17) is 25.5 Å². The van der Waals surface area contributed by atoms with Crippen LogP contribution in [0.2, 0.25) is 5.02 Å². The molecule has 0 atom stereocenters. The Balaban J connectivity index is 2.16. The minimum atomic E-state index is -0.736. The maximum absolute atomic E-state index is 13.6. The van der Waals surface area contributed by atoms with Gasteiger partial charge in [0, 0.05) is 0 Å². The second-order valence-electron chi connectivity index (χ2n) is 3.37. The van der Waals surface area contributed by atoms with Crippen LogP contribution in [0.15, 0.2) is 28.9 Å². The Hall–Kier alpha value is -2.08. The lowest BCUT2D eigenvalue weighted by atomic mass is 10.3. The highest BCUT2D eigenvalue weighted by molar-refractivity contribution is 6.30. The van der Waals surface area contributed by atoms with Gasteiger partial charge in [-0.1, -0.05) is 17.7 Å². The molecule has 0 saturated heterocycles. The molecule has 19 heavy (non-hydrogen) atoms. The number of rotatable bonds is 4. The molecule has 0 amide bonds. The van der Waals surface area contributed by atoms with E-state index in [0.717, 1.165) is 6.26 Å². The highest BCUT2D eigenvalue weighted by atomic mass is 35.5. The third kappa shape index (κ3) is 3.03. The molecule has 7 heteroatoms. The lowest BCUT2D eigenvalue weighted by molar-refractivity contribution is 0.0519. The molecule has 0 saturated carbocycles. The summed E-state index contributed by atoms with van der Waals surface area (Å²) in [6.45, 7) is 1.88. The van der Waals surface area contributed by atoms with Crippen molar-refractivity contribution >= 4 is 17.6 Å². The van der Waals surface area contributed by atoms with Gasteiger partial charge in [-0.2, -0.15) is 4.98 Å². The van der Waals surface area contributed by atoms with Crippen LogP contribution in [0.1, 0.15) is 17.4 Å². The van der Waals surface area contributed by atoms with E-state index in [-0.39, 0.29) is 29.1 Å². The van der Waals surface area contributed by atoms with E-state index in [1.54, 1.807) is 6.92 Å². The SMILES string of the molecule is CCOC(=O)c1coc(Oc2cccc(Cl)c2F)n1. The zero-order valence-electron chi connectivity index (χ0n) is 9.85. The van der Waals surface area contributed by atoms with Crippen molar-refractivity contribution in [2.24, 2.45) is 0 Å². The molecule has 0 aliphatic carbocycles. The number of aromatic nitrogens is 1. The van der Waals surface area contributed by atoms with Crippen molar-refractivity contribution in [2.45, 2.75) is 6.92 Å². The van der Waals surface area contributed by atoms with E-state index in [9.17, 15) is 9.18 Å². The van der Waals surface area contributed by atoms with Crippen LogP contribution in [-0.2, 0) is 4.74 Å². The first-order valence-corrected chi connectivity index (χ1v) is 5.74. The maximum Gasteiger partial charge on any atom is 0.400 e. The smallest absolute Gasteiger partial charge is 0.400 e. The van der Waals surface area contributed by atoms with E-state index >= 15 is 0 Å². The van der Waals surface area contributed by atoms with Crippen LogP contribution in [0.3, 0.4) is 0 Å². The molecule has 1 aromatic heterocycles. The average molecular weight is 286 g/mol. The summed E-state index contributed by atoms with van der Waals surface area (Å²) in [5, 5.41) is -0.0883. The summed E-state index contributed by atoms with van der Waals surface area (Å²) in [5.74, 6) is -1.53. The lowest BCUT2D eigenvalue weighted by Crippen LogP contribution is -2.04. The van der Waals surface area contributed by atoms with Gasteiger partial charge in [0.05, 0.1) is 11.6 Å². The van der Waals surface area contributed by atoms with Gasteiger partial charge in [0.15, 0.2) is 17.3 Å². The van der Waals surface area contributed by atoms with Gasteiger partial charge in [-0.25, -0.2) is 9.18 Å². The first-order chi connectivity index (χ1) is 9.11. The van der Waals surface area contributed by atoms with Crippen LogP contribution >= 0.6 is 11.6 Å². The number of nitrogens with zero attached hydrogens (tertiary/aromatic N) is 1. The highest BCUT2D eigenvalue weighted by Crippen LogP contribution is 2.28. The molecular formula is C12H9ClFNO4. The largest absolute Gasteiger partial charge is 0.461 e. The molecular weight excluding hydrogens is 277 g/mol. The summed E-state index contributed by atoms with van der Waals surface area (Å²) >= 11 is 5.60. The number of hydrogen-bond donors (Lipinski definition) is 0. The van der Waals surface area contributed by atoms with Gasteiger partial charge in [-0.15, -0.1) is 0 Å². The predicted octanol–water partition coefficient (Wildman–Crippen LogP) is 3.44.